The fourth-order valence-electron chi connectivity index (χ4n) is 2.69. The Morgan fingerprint density at radius 2 is 1.68 bits per heavy atom. The van der Waals surface area contributed by atoms with Gasteiger partial charge in [0.1, 0.15) is 12.2 Å². The average molecular weight is 422 g/mol. The van der Waals surface area contributed by atoms with Crippen molar-refractivity contribution in [2.45, 2.75) is 51.9 Å². The van der Waals surface area contributed by atoms with Crippen molar-refractivity contribution in [2.24, 2.45) is 0 Å². The molecular weight excluding hydrogens is 386 g/mol. The van der Waals surface area contributed by atoms with E-state index in [2.05, 4.69) is 5.32 Å². The molecule has 0 aromatic carbocycles. The summed E-state index contributed by atoms with van der Waals surface area (Å²) in [5.74, 6) is -0.159. The van der Waals surface area contributed by atoms with E-state index in [1.807, 2.05) is 75.5 Å². The van der Waals surface area contributed by atoms with E-state index < -0.39 is 12.2 Å². The number of rotatable bonds is 3. The van der Waals surface area contributed by atoms with Crippen LogP contribution in [0.15, 0.2) is 108 Å². The maximum Gasteiger partial charge on any atom is 0.244 e. The molecule has 0 spiro atoms. The summed E-state index contributed by atoms with van der Waals surface area (Å²) in [5.41, 5.74) is 1.83. The van der Waals surface area contributed by atoms with Crippen molar-refractivity contribution in [2.75, 3.05) is 0 Å². The normalized spacial score (nSPS) is 24.4. The SMILES string of the molecule is C/C=C/C=C/C[C@@H]1CC=CC=C(C)C=CC=C[C@@H](O)[C@@H](O)C=C(C)C=CC=CC(=O)N1. The summed E-state index contributed by atoms with van der Waals surface area (Å²) in [5, 5.41) is 23.2. The van der Waals surface area contributed by atoms with E-state index in [1.165, 1.54) is 6.08 Å². The quantitative estimate of drug-likeness (QED) is 0.574. The summed E-state index contributed by atoms with van der Waals surface area (Å²) < 4.78 is 0. The fourth-order valence-corrected chi connectivity index (χ4v) is 2.69. The molecule has 1 heterocycles. The van der Waals surface area contributed by atoms with Crippen LogP contribution >= 0.6 is 0 Å². The van der Waals surface area contributed by atoms with Crippen molar-refractivity contribution in [1.82, 2.24) is 5.32 Å². The smallest absolute Gasteiger partial charge is 0.244 e. The van der Waals surface area contributed by atoms with Crippen molar-refractivity contribution in [1.29, 1.82) is 0 Å². The summed E-state index contributed by atoms with van der Waals surface area (Å²) >= 11 is 0. The summed E-state index contributed by atoms with van der Waals surface area (Å²) in [6, 6.07) is -0.00469. The maximum atomic E-state index is 12.3. The monoisotopic (exact) mass is 421 g/mol. The number of aliphatic hydroxyl groups excluding tert-OH is 2. The van der Waals surface area contributed by atoms with Gasteiger partial charge in [0, 0.05) is 12.1 Å². The van der Waals surface area contributed by atoms with Crippen molar-refractivity contribution in [3.8, 4) is 0 Å². The highest BCUT2D eigenvalue weighted by Gasteiger charge is 2.09. The summed E-state index contributed by atoms with van der Waals surface area (Å²) in [7, 11) is 0. The van der Waals surface area contributed by atoms with Gasteiger partial charge in [-0.1, -0.05) is 102 Å². The van der Waals surface area contributed by atoms with Crippen molar-refractivity contribution >= 4 is 5.91 Å². The van der Waals surface area contributed by atoms with Crippen LogP contribution in [0, 0.1) is 0 Å². The van der Waals surface area contributed by atoms with Gasteiger partial charge in [0.05, 0.1) is 0 Å². The van der Waals surface area contributed by atoms with Crippen LogP contribution in [0.1, 0.15) is 33.6 Å². The third-order valence-electron chi connectivity index (χ3n) is 4.40. The van der Waals surface area contributed by atoms with Crippen molar-refractivity contribution in [3.63, 3.8) is 0 Å². The number of carbonyl (C=O) groups excluding carboxylic acids is 1. The van der Waals surface area contributed by atoms with Gasteiger partial charge >= 0.3 is 0 Å². The lowest BCUT2D eigenvalue weighted by Gasteiger charge is -2.14. The Kier molecular flexibility index (Phi) is 13.3. The zero-order valence-corrected chi connectivity index (χ0v) is 18.7. The van der Waals surface area contributed by atoms with Crippen LogP contribution in [0.2, 0.25) is 0 Å². The number of allylic oxidation sites excluding steroid dienone is 13. The van der Waals surface area contributed by atoms with E-state index in [4.69, 9.17) is 0 Å². The third-order valence-corrected chi connectivity index (χ3v) is 4.40. The predicted octanol–water partition coefficient (Wildman–Crippen LogP) is 4.79. The van der Waals surface area contributed by atoms with Gasteiger partial charge in [-0.05, 0) is 33.6 Å². The number of aliphatic hydroxyl groups is 2. The van der Waals surface area contributed by atoms with Crippen molar-refractivity contribution in [3.05, 3.63) is 108 Å². The van der Waals surface area contributed by atoms with Crippen LogP contribution in [0.4, 0.5) is 0 Å². The number of amides is 1. The molecule has 3 atom stereocenters. The molecule has 31 heavy (non-hydrogen) atoms. The Labute approximate surface area is 186 Å². The van der Waals surface area contributed by atoms with Crippen LogP contribution < -0.4 is 5.32 Å². The van der Waals surface area contributed by atoms with E-state index in [-0.39, 0.29) is 11.9 Å². The van der Waals surface area contributed by atoms with E-state index in [1.54, 1.807) is 36.5 Å². The Morgan fingerprint density at radius 1 is 0.968 bits per heavy atom. The first-order valence-electron chi connectivity index (χ1n) is 10.6. The Hall–Kier alpha value is -2.95. The topological polar surface area (TPSA) is 69.6 Å². The molecule has 0 fully saturated rings. The minimum atomic E-state index is -1.01. The van der Waals surface area contributed by atoms with Crippen molar-refractivity contribution < 1.29 is 15.0 Å². The molecule has 0 aliphatic carbocycles. The number of carbonyl (C=O) groups is 1. The molecule has 0 radical (unpaired) electrons. The zero-order chi connectivity index (χ0) is 22.9. The maximum absolute atomic E-state index is 12.3. The average Bonchev–Trinajstić information content (AvgIpc) is 2.73. The molecule has 4 nitrogen and oxygen atoms in total. The number of hydrogen-bond donors (Lipinski definition) is 3. The highest BCUT2D eigenvalue weighted by Crippen LogP contribution is 2.06. The highest BCUT2D eigenvalue weighted by atomic mass is 16.3. The molecule has 0 aromatic rings. The molecule has 0 unspecified atom stereocenters. The molecule has 4 heteroatoms. The van der Waals surface area contributed by atoms with Crippen LogP contribution in [0.5, 0.6) is 0 Å². The molecule has 0 aromatic heterocycles. The first-order chi connectivity index (χ1) is 14.9. The van der Waals surface area contributed by atoms with Crippen LogP contribution in [0.25, 0.3) is 0 Å². The molecule has 1 aliphatic rings. The minimum absolute atomic E-state index is 0.00469. The minimum Gasteiger partial charge on any atom is -0.386 e. The predicted molar refractivity (Wildman–Crippen MR) is 130 cm³/mol. The summed E-state index contributed by atoms with van der Waals surface area (Å²) in [6.45, 7) is 5.77. The second-order valence-corrected chi connectivity index (χ2v) is 7.32. The van der Waals surface area contributed by atoms with Gasteiger partial charge < -0.3 is 15.5 Å². The van der Waals surface area contributed by atoms with Gasteiger partial charge in [-0.25, -0.2) is 0 Å². The molecule has 1 aliphatic heterocycles. The van der Waals surface area contributed by atoms with Gasteiger partial charge in [0.2, 0.25) is 5.91 Å². The number of nitrogens with one attached hydrogen (secondary N) is 1. The van der Waals surface area contributed by atoms with Gasteiger partial charge in [-0.15, -0.1) is 0 Å². The van der Waals surface area contributed by atoms with Gasteiger partial charge in [0.25, 0.3) is 0 Å². The summed E-state index contributed by atoms with van der Waals surface area (Å²) in [4.78, 5) is 12.3. The lowest BCUT2D eigenvalue weighted by Crippen LogP contribution is -2.32. The second kappa shape index (κ2) is 15.8. The fraction of sp³-hybridized carbons (Fsp3) is 0.296. The Morgan fingerprint density at radius 3 is 2.45 bits per heavy atom. The van der Waals surface area contributed by atoms with Gasteiger partial charge in [-0.2, -0.15) is 0 Å². The van der Waals surface area contributed by atoms with Gasteiger partial charge in [-0.3, -0.25) is 4.79 Å². The third kappa shape index (κ3) is 13.1. The largest absolute Gasteiger partial charge is 0.386 e. The Bertz CT molecular complexity index is 819. The molecule has 0 saturated heterocycles. The van der Waals surface area contributed by atoms with Crippen LogP contribution in [0.3, 0.4) is 0 Å². The first-order valence-corrected chi connectivity index (χ1v) is 10.6. The molecule has 1 rings (SSSR count). The zero-order valence-electron chi connectivity index (χ0n) is 18.7. The lowest BCUT2D eigenvalue weighted by molar-refractivity contribution is -0.117. The van der Waals surface area contributed by atoms with E-state index in [0.29, 0.717) is 0 Å². The molecule has 0 bridgehead atoms. The molecule has 3 N–H and O–H groups in total. The summed E-state index contributed by atoms with van der Waals surface area (Å²) in [6.07, 6.45) is 28.6. The highest BCUT2D eigenvalue weighted by molar-refractivity contribution is 5.88. The van der Waals surface area contributed by atoms with Crippen LogP contribution in [-0.4, -0.2) is 34.4 Å². The molecular formula is C27H35NO3. The van der Waals surface area contributed by atoms with E-state index >= 15 is 0 Å². The molecule has 166 valence electrons. The second-order valence-electron chi connectivity index (χ2n) is 7.32. The van der Waals surface area contributed by atoms with Crippen LogP contribution in [-0.2, 0) is 4.79 Å². The van der Waals surface area contributed by atoms with Gasteiger partial charge in [0.15, 0.2) is 0 Å². The molecule has 0 saturated carbocycles. The molecule has 1 amide bonds. The van der Waals surface area contributed by atoms with E-state index in [9.17, 15) is 15.0 Å². The lowest BCUT2D eigenvalue weighted by atomic mass is 10.1. The Balaban J connectivity index is 3.04. The first kappa shape index (κ1) is 26.1. The van der Waals surface area contributed by atoms with E-state index in [0.717, 1.165) is 24.0 Å². The standard InChI is InChI=1S/C27H35NO3/c1-4-5-6-7-17-24-18-11-8-14-22(2)15-9-12-19-25(29)26(30)21-23(3)16-10-13-20-27(31)28-24/h4-16,19-21,24-26,29-30H,17-18H2,1-3H3,(H,28,31)/b5-4+,7-6+,11-8?,15-9?,16-10?,19-12?,20-13?,22-14?,23-21?/t24-,25-,26+/m1/s1. The number of hydrogen-bond acceptors (Lipinski definition) is 3.